The van der Waals surface area contributed by atoms with Crippen LogP contribution < -0.4 is 5.32 Å². The largest absolute Gasteiger partial charge is 0.469 e. The number of aromatic nitrogens is 2. The maximum Gasteiger partial charge on any atom is 0.310 e. The number of halogens is 1. The van der Waals surface area contributed by atoms with Gasteiger partial charge >= 0.3 is 5.97 Å². The summed E-state index contributed by atoms with van der Waals surface area (Å²) in [5.74, 6) is 0.799. The van der Waals surface area contributed by atoms with Gasteiger partial charge in [-0.15, -0.1) is 24.0 Å². The number of likely N-dealkylation sites (tertiary alicyclic amines) is 1. The molecule has 3 rings (SSSR count). The van der Waals surface area contributed by atoms with E-state index in [2.05, 4.69) is 43.1 Å². The molecule has 1 aliphatic heterocycles. The molecule has 0 bridgehead atoms. The summed E-state index contributed by atoms with van der Waals surface area (Å²) in [5.41, 5.74) is 4.24. The second-order valence-corrected chi connectivity index (χ2v) is 7.58. The molecule has 1 aromatic heterocycles. The van der Waals surface area contributed by atoms with Crippen molar-refractivity contribution in [2.45, 2.75) is 34.2 Å². The fourth-order valence-electron chi connectivity index (χ4n) is 3.90. The Morgan fingerprint density at radius 1 is 1.27 bits per heavy atom. The lowest BCUT2D eigenvalue weighted by Crippen LogP contribution is -2.40. The molecule has 1 aliphatic rings. The quantitative estimate of drug-likeness (QED) is 0.281. The third-order valence-electron chi connectivity index (χ3n) is 5.58. The van der Waals surface area contributed by atoms with Gasteiger partial charge in [-0.25, -0.2) is 9.67 Å². The molecule has 2 aromatic rings. The lowest BCUT2D eigenvalue weighted by atomic mass is 9.99. The molecular formula is C22H32IN5O2. The predicted molar refractivity (Wildman–Crippen MR) is 130 cm³/mol. The molecule has 30 heavy (non-hydrogen) atoms. The smallest absolute Gasteiger partial charge is 0.310 e. The molecule has 1 aromatic carbocycles. The zero-order valence-corrected chi connectivity index (χ0v) is 20.7. The highest BCUT2D eigenvalue weighted by atomic mass is 127. The van der Waals surface area contributed by atoms with E-state index in [1.54, 1.807) is 0 Å². The number of aryl methyl sites for hydroxylation is 1. The van der Waals surface area contributed by atoms with Crippen molar-refractivity contribution in [1.29, 1.82) is 0 Å². The van der Waals surface area contributed by atoms with Crippen molar-refractivity contribution in [1.82, 2.24) is 20.0 Å². The van der Waals surface area contributed by atoms with Crippen LogP contribution in [0.15, 0.2) is 35.3 Å². The molecule has 7 nitrogen and oxygen atoms in total. The first-order chi connectivity index (χ1) is 14.0. The predicted octanol–water partition coefficient (Wildman–Crippen LogP) is 3.31. The lowest BCUT2D eigenvalue weighted by molar-refractivity contribution is -0.145. The molecule has 1 N–H and O–H groups in total. The van der Waals surface area contributed by atoms with Gasteiger partial charge in [-0.2, -0.15) is 5.10 Å². The van der Waals surface area contributed by atoms with Crippen molar-refractivity contribution in [3.63, 3.8) is 0 Å². The van der Waals surface area contributed by atoms with Gasteiger partial charge in [-0.3, -0.25) is 4.79 Å². The summed E-state index contributed by atoms with van der Waals surface area (Å²) in [5, 5.41) is 8.08. The first-order valence-corrected chi connectivity index (χ1v) is 10.2. The van der Waals surface area contributed by atoms with Crippen LogP contribution in [0, 0.1) is 25.7 Å². The number of hydrogen-bond acceptors (Lipinski definition) is 4. The van der Waals surface area contributed by atoms with E-state index in [1.807, 2.05) is 29.8 Å². The summed E-state index contributed by atoms with van der Waals surface area (Å²) in [7, 11) is 1.45. The van der Waals surface area contributed by atoms with Crippen LogP contribution in [0.2, 0.25) is 0 Å². The Morgan fingerprint density at radius 2 is 1.97 bits per heavy atom. The van der Waals surface area contributed by atoms with Crippen molar-refractivity contribution in [2.75, 3.05) is 26.7 Å². The van der Waals surface area contributed by atoms with E-state index in [0.717, 1.165) is 41.7 Å². The van der Waals surface area contributed by atoms with Crippen molar-refractivity contribution in [2.24, 2.45) is 16.8 Å². The number of esters is 1. The van der Waals surface area contributed by atoms with Gasteiger partial charge in [-0.05, 0) is 38.8 Å². The normalized spacial score (nSPS) is 18.8. The number of hydrogen-bond donors (Lipinski definition) is 1. The van der Waals surface area contributed by atoms with Crippen LogP contribution in [-0.2, 0) is 16.1 Å². The van der Waals surface area contributed by atoms with E-state index in [4.69, 9.17) is 14.8 Å². The lowest BCUT2D eigenvalue weighted by Gasteiger charge is -2.21. The fourth-order valence-corrected chi connectivity index (χ4v) is 3.90. The highest BCUT2D eigenvalue weighted by Crippen LogP contribution is 2.25. The van der Waals surface area contributed by atoms with Gasteiger partial charge in [0.1, 0.15) is 0 Å². The summed E-state index contributed by atoms with van der Waals surface area (Å²) in [6.07, 6.45) is 0. The van der Waals surface area contributed by atoms with Gasteiger partial charge in [0.25, 0.3) is 0 Å². The first kappa shape index (κ1) is 24.2. The third kappa shape index (κ3) is 5.14. The molecule has 0 spiro atoms. The van der Waals surface area contributed by atoms with E-state index >= 15 is 0 Å². The average molecular weight is 525 g/mol. The fraction of sp³-hybridized carbons (Fsp3) is 0.500. The number of aliphatic imine (C=N–C) groups is 1. The molecule has 2 heterocycles. The van der Waals surface area contributed by atoms with Crippen LogP contribution in [0.25, 0.3) is 5.69 Å². The first-order valence-electron chi connectivity index (χ1n) is 10.2. The maximum atomic E-state index is 12.0. The summed E-state index contributed by atoms with van der Waals surface area (Å²) >= 11 is 0. The van der Waals surface area contributed by atoms with Crippen LogP contribution in [0.3, 0.4) is 0 Å². The molecule has 0 aliphatic carbocycles. The zero-order chi connectivity index (χ0) is 21.0. The number of rotatable bonds is 5. The Kier molecular flexibility index (Phi) is 8.69. The summed E-state index contributed by atoms with van der Waals surface area (Å²) in [6, 6.07) is 10.1. The minimum absolute atomic E-state index is 0. The summed E-state index contributed by atoms with van der Waals surface area (Å²) in [6.45, 7) is 11.0. The molecule has 164 valence electrons. The second kappa shape index (κ2) is 10.8. The van der Waals surface area contributed by atoms with Crippen LogP contribution in [0.5, 0.6) is 0 Å². The SMILES string of the molecule is CCNC(=NCc1c(C)nn(-c2ccccc2)c1C)N1CC(C)C(C(=O)OC)C1.I. The Labute approximate surface area is 195 Å². The average Bonchev–Trinajstić information content (AvgIpc) is 3.25. The van der Waals surface area contributed by atoms with E-state index in [9.17, 15) is 4.79 Å². The van der Waals surface area contributed by atoms with E-state index in [-0.39, 0.29) is 41.8 Å². The van der Waals surface area contributed by atoms with Gasteiger partial charge in [-0.1, -0.05) is 25.1 Å². The van der Waals surface area contributed by atoms with Gasteiger partial charge in [0, 0.05) is 30.9 Å². The van der Waals surface area contributed by atoms with Gasteiger partial charge in [0.15, 0.2) is 5.96 Å². The van der Waals surface area contributed by atoms with Gasteiger partial charge < -0.3 is 15.0 Å². The second-order valence-electron chi connectivity index (χ2n) is 7.58. The highest BCUT2D eigenvalue weighted by Gasteiger charge is 2.36. The number of nitrogens with one attached hydrogen (secondary N) is 1. The van der Waals surface area contributed by atoms with Crippen LogP contribution in [0.1, 0.15) is 30.8 Å². The number of benzene rings is 1. The molecule has 0 saturated carbocycles. The zero-order valence-electron chi connectivity index (χ0n) is 18.4. The molecule has 1 fully saturated rings. The third-order valence-corrected chi connectivity index (χ3v) is 5.58. The number of ether oxygens (including phenoxy) is 1. The number of carbonyl (C=O) groups is 1. The highest BCUT2D eigenvalue weighted by molar-refractivity contribution is 14.0. The van der Waals surface area contributed by atoms with Crippen LogP contribution in [0.4, 0.5) is 0 Å². The number of methoxy groups -OCH3 is 1. The van der Waals surface area contributed by atoms with Gasteiger partial charge in [0.05, 0.1) is 31.0 Å². The minimum Gasteiger partial charge on any atom is -0.469 e. The molecule has 2 unspecified atom stereocenters. The molecule has 0 radical (unpaired) electrons. The standard InChI is InChI=1S/C22H31N5O2.HI/c1-6-23-22(26-13-15(2)20(14-26)21(28)29-5)24-12-19-16(3)25-27(17(19)4)18-10-8-7-9-11-18;/h7-11,15,20H,6,12-14H2,1-5H3,(H,23,24);1H. The van der Waals surface area contributed by atoms with Crippen molar-refractivity contribution >= 4 is 35.9 Å². The Morgan fingerprint density at radius 3 is 2.60 bits per heavy atom. The number of para-hydroxylation sites is 1. The number of nitrogens with zero attached hydrogens (tertiary/aromatic N) is 4. The molecule has 1 saturated heterocycles. The Bertz CT molecular complexity index is 881. The Hall–Kier alpha value is -2.10. The molecule has 0 amide bonds. The van der Waals surface area contributed by atoms with Crippen molar-refractivity contribution in [3.8, 4) is 5.69 Å². The summed E-state index contributed by atoms with van der Waals surface area (Å²) in [4.78, 5) is 19.1. The van der Waals surface area contributed by atoms with E-state index in [1.165, 1.54) is 7.11 Å². The van der Waals surface area contributed by atoms with Crippen molar-refractivity contribution < 1.29 is 9.53 Å². The Balaban J connectivity index is 0.00000320. The monoisotopic (exact) mass is 525 g/mol. The minimum atomic E-state index is -0.147. The molecule has 2 atom stereocenters. The molecule has 8 heteroatoms. The van der Waals surface area contributed by atoms with Crippen LogP contribution in [-0.4, -0.2) is 53.4 Å². The van der Waals surface area contributed by atoms with E-state index < -0.39 is 0 Å². The van der Waals surface area contributed by atoms with E-state index in [0.29, 0.717) is 13.1 Å². The topological polar surface area (TPSA) is 71.8 Å². The maximum absolute atomic E-state index is 12.0. The summed E-state index contributed by atoms with van der Waals surface area (Å²) < 4.78 is 6.93. The van der Waals surface area contributed by atoms with Crippen molar-refractivity contribution in [3.05, 3.63) is 47.3 Å². The number of guanidine groups is 1. The molecular weight excluding hydrogens is 493 g/mol. The number of carbonyl (C=O) groups excluding carboxylic acids is 1. The van der Waals surface area contributed by atoms with Gasteiger partial charge in [0.2, 0.25) is 0 Å². The van der Waals surface area contributed by atoms with Crippen LogP contribution >= 0.6 is 24.0 Å².